The van der Waals surface area contributed by atoms with Gasteiger partial charge < -0.3 is 4.90 Å². The predicted molar refractivity (Wildman–Crippen MR) is 42.1 cm³/mol. The molecule has 0 atom stereocenters. The second-order valence-electron chi connectivity index (χ2n) is 1.58. The fraction of sp³-hybridized carbons (Fsp3) is 0.167. The third-order valence-corrected chi connectivity index (χ3v) is 1.70. The Kier molecular flexibility index (Phi) is 2.39. The van der Waals surface area contributed by atoms with Crippen molar-refractivity contribution in [1.82, 2.24) is 4.90 Å². The van der Waals surface area contributed by atoms with Crippen LogP contribution in [0.3, 0.4) is 0 Å². The van der Waals surface area contributed by atoms with Crippen molar-refractivity contribution in [1.29, 1.82) is 0 Å². The molecule has 2 nitrogen and oxygen atoms in total. The standard InChI is InChI=1S/C6H8N2S/c1-7-2-3-8-4-5-9-6-8/h2-5H,1,6H2/b3-2-. The summed E-state index contributed by atoms with van der Waals surface area (Å²) in [6.07, 6.45) is 5.58. The lowest BCUT2D eigenvalue weighted by Gasteiger charge is -2.04. The summed E-state index contributed by atoms with van der Waals surface area (Å²) in [5, 5.41) is 2.05. The van der Waals surface area contributed by atoms with E-state index in [2.05, 4.69) is 11.7 Å². The van der Waals surface area contributed by atoms with Crippen LogP contribution in [-0.2, 0) is 0 Å². The molecule has 0 unspecified atom stereocenters. The third-order valence-electron chi connectivity index (χ3n) is 0.936. The lowest BCUT2D eigenvalue weighted by molar-refractivity contribution is 0.611. The highest BCUT2D eigenvalue weighted by Crippen LogP contribution is 2.14. The van der Waals surface area contributed by atoms with E-state index in [0.29, 0.717) is 0 Å². The van der Waals surface area contributed by atoms with Gasteiger partial charge in [0.05, 0.1) is 5.88 Å². The number of hydrogen-bond acceptors (Lipinski definition) is 3. The minimum Gasteiger partial charge on any atom is -0.342 e. The van der Waals surface area contributed by atoms with Crippen LogP contribution in [0.1, 0.15) is 0 Å². The van der Waals surface area contributed by atoms with Crippen molar-refractivity contribution in [3.8, 4) is 0 Å². The first kappa shape index (κ1) is 6.42. The van der Waals surface area contributed by atoms with Crippen molar-refractivity contribution < 1.29 is 0 Å². The van der Waals surface area contributed by atoms with Gasteiger partial charge in [0.25, 0.3) is 0 Å². The first-order chi connectivity index (χ1) is 4.43. The second kappa shape index (κ2) is 3.35. The second-order valence-corrected chi connectivity index (χ2v) is 2.44. The van der Waals surface area contributed by atoms with Gasteiger partial charge in [-0.15, -0.1) is 11.8 Å². The van der Waals surface area contributed by atoms with E-state index in [1.54, 1.807) is 18.0 Å². The monoisotopic (exact) mass is 140 g/mol. The molecule has 1 rings (SSSR count). The average Bonchev–Trinajstić information content (AvgIpc) is 2.34. The Balaban J connectivity index is 2.35. The zero-order valence-electron chi connectivity index (χ0n) is 5.03. The molecule has 0 spiro atoms. The number of nitrogens with zero attached hydrogens (tertiary/aromatic N) is 2. The normalized spacial score (nSPS) is 17.6. The smallest absolute Gasteiger partial charge is 0.0718 e. The van der Waals surface area contributed by atoms with Gasteiger partial charge in [-0.05, 0) is 12.1 Å². The van der Waals surface area contributed by atoms with Crippen LogP contribution in [0.5, 0.6) is 0 Å². The summed E-state index contributed by atoms with van der Waals surface area (Å²) in [4.78, 5) is 5.62. The molecule has 3 heteroatoms. The van der Waals surface area contributed by atoms with Gasteiger partial charge in [-0.1, -0.05) is 0 Å². The molecule has 48 valence electrons. The van der Waals surface area contributed by atoms with Crippen LogP contribution in [0.25, 0.3) is 0 Å². The summed E-state index contributed by atoms with van der Waals surface area (Å²) < 4.78 is 0. The summed E-state index contributed by atoms with van der Waals surface area (Å²) in [6.45, 7) is 3.33. The van der Waals surface area contributed by atoms with Gasteiger partial charge in [0.15, 0.2) is 0 Å². The molecule has 0 amide bonds. The van der Waals surface area contributed by atoms with E-state index in [4.69, 9.17) is 0 Å². The zero-order valence-corrected chi connectivity index (χ0v) is 5.84. The molecule has 0 aliphatic carbocycles. The molecule has 1 heterocycles. The Morgan fingerprint density at radius 3 is 3.22 bits per heavy atom. The Labute approximate surface area is 59.0 Å². The van der Waals surface area contributed by atoms with Gasteiger partial charge in [0, 0.05) is 18.6 Å². The molecule has 0 aromatic heterocycles. The SMILES string of the molecule is C=N/C=C\N1C=CSC1. The molecular formula is C6H8N2S. The lowest BCUT2D eigenvalue weighted by atomic mass is 10.7. The number of hydrogen-bond donors (Lipinski definition) is 0. The average molecular weight is 140 g/mol. The number of thioether (sulfide) groups is 1. The van der Waals surface area contributed by atoms with Crippen LogP contribution >= 0.6 is 11.8 Å². The maximum atomic E-state index is 3.58. The molecular weight excluding hydrogens is 132 g/mol. The van der Waals surface area contributed by atoms with E-state index in [9.17, 15) is 0 Å². The summed E-state index contributed by atoms with van der Waals surface area (Å²) >= 11 is 1.76. The Bertz CT molecular complexity index is 151. The van der Waals surface area contributed by atoms with E-state index in [1.807, 2.05) is 22.7 Å². The van der Waals surface area contributed by atoms with Gasteiger partial charge in [0.2, 0.25) is 0 Å². The van der Waals surface area contributed by atoms with E-state index >= 15 is 0 Å². The molecule has 0 aromatic carbocycles. The Hall–Kier alpha value is -0.700. The molecule has 0 N–H and O–H groups in total. The van der Waals surface area contributed by atoms with E-state index in [0.717, 1.165) is 5.88 Å². The summed E-state index contributed by atoms with van der Waals surface area (Å²) in [6, 6.07) is 0. The highest BCUT2D eigenvalue weighted by Gasteiger charge is 1.97. The maximum absolute atomic E-state index is 3.58. The van der Waals surface area contributed by atoms with Crippen molar-refractivity contribution in [2.75, 3.05) is 5.88 Å². The molecule has 1 aliphatic rings. The van der Waals surface area contributed by atoms with Crippen LogP contribution in [-0.4, -0.2) is 17.5 Å². The largest absolute Gasteiger partial charge is 0.342 e. The summed E-state index contributed by atoms with van der Waals surface area (Å²) in [5.74, 6) is 0.992. The van der Waals surface area contributed by atoms with Gasteiger partial charge in [-0.25, -0.2) is 0 Å². The van der Waals surface area contributed by atoms with E-state index in [1.165, 1.54) is 0 Å². The van der Waals surface area contributed by atoms with E-state index in [-0.39, 0.29) is 0 Å². The van der Waals surface area contributed by atoms with Gasteiger partial charge in [0.1, 0.15) is 0 Å². The number of aliphatic imine (C=N–C) groups is 1. The Morgan fingerprint density at radius 2 is 2.67 bits per heavy atom. The van der Waals surface area contributed by atoms with Crippen molar-refractivity contribution in [3.05, 3.63) is 24.0 Å². The van der Waals surface area contributed by atoms with Crippen LogP contribution in [0.2, 0.25) is 0 Å². The minimum absolute atomic E-state index is 0.992. The molecule has 0 radical (unpaired) electrons. The fourth-order valence-electron chi connectivity index (χ4n) is 0.519. The quantitative estimate of drug-likeness (QED) is 0.542. The first-order valence-electron chi connectivity index (χ1n) is 2.60. The van der Waals surface area contributed by atoms with E-state index < -0.39 is 0 Å². The molecule has 9 heavy (non-hydrogen) atoms. The van der Waals surface area contributed by atoms with Crippen LogP contribution in [0.15, 0.2) is 29.0 Å². The third kappa shape index (κ3) is 1.93. The molecule has 0 bridgehead atoms. The van der Waals surface area contributed by atoms with Crippen molar-refractivity contribution in [2.24, 2.45) is 4.99 Å². The molecule has 0 aromatic rings. The highest BCUT2D eigenvalue weighted by molar-refractivity contribution is 8.02. The van der Waals surface area contributed by atoms with Crippen molar-refractivity contribution >= 4 is 18.5 Å². The molecule has 0 fully saturated rings. The lowest BCUT2D eigenvalue weighted by Crippen LogP contribution is -2.01. The number of rotatable bonds is 2. The van der Waals surface area contributed by atoms with Crippen molar-refractivity contribution in [2.45, 2.75) is 0 Å². The van der Waals surface area contributed by atoms with Gasteiger partial charge in [-0.3, -0.25) is 4.99 Å². The fourth-order valence-corrected chi connectivity index (χ4v) is 1.19. The molecule has 1 aliphatic heterocycles. The topological polar surface area (TPSA) is 15.6 Å². The molecule has 0 saturated heterocycles. The molecule has 0 saturated carbocycles. The Morgan fingerprint density at radius 1 is 1.78 bits per heavy atom. The van der Waals surface area contributed by atoms with Crippen LogP contribution < -0.4 is 0 Å². The summed E-state index contributed by atoms with van der Waals surface area (Å²) in [5.41, 5.74) is 0. The van der Waals surface area contributed by atoms with Crippen LogP contribution in [0, 0.1) is 0 Å². The highest BCUT2D eigenvalue weighted by atomic mass is 32.2. The zero-order chi connectivity index (χ0) is 6.53. The minimum atomic E-state index is 0.992. The predicted octanol–water partition coefficient (Wildman–Crippen LogP) is 1.64. The van der Waals surface area contributed by atoms with Gasteiger partial charge >= 0.3 is 0 Å². The first-order valence-corrected chi connectivity index (χ1v) is 3.65. The van der Waals surface area contributed by atoms with Gasteiger partial charge in [-0.2, -0.15) is 0 Å². The summed E-state index contributed by atoms with van der Waals surface area (Å²) in [7, 11) is 0. The maximum Gasteiger partial charge on any atom is 0.0718 e. The van der Waals surface area contributed by atoms with Crippen molar-refractivity contribution in [3.63, 3.8) is 0 Å². The van der Waals surface area contributed by atoms with Crippen LogP contribution in [0.4, 0.5) is 0 Å².